The van der Waals surface area contributed by atoms with Crippen LogP contribution in [0.25, 0.3) is 0 Å². The van der Waals surface area contributed by atoms with Crippen molar-refractivity contribution in [3.8, 4) is 5.75 Å². The zero-order valence-corrected chi connectivity index (χ0v) is 11.1. The predicted molar refractivity (Wildman–Crippen MR) is 69.0 cm³/mol. The summed E-state index contributed by atoms with van der Waals surface area (Å²) in [6.45, 7) is -2.06. The van der Waals surface area contributed by atoms with E-state index in [4.69, 9.17) is 4.74 Å². The number of ether oxygens (including phenoxy) is 2. The molecule has 1 aromatic carbocycles. The first-order chi connectivity index (χ1) is 10.0. The molecule has 0 bridgehead atoms. The van der Waals surface area contributed by atoms with Crippen molar-refractivity contribution in [2.45, 2.75) is 25.6 Å². The van der Waals surface area contributed by atoms with Crippen molar-refractivity contribution < 1.29 is 27.4 Å². The van der Waals surface area contributed by atoms with Crippen LogP contribution in [0.1, 0.15) is 12.8 Å². The number of benzene rings is 1. The molecule has 0 saturated carbocycles. The third-order valence-electron chi connectivity index (χ3n) is 2.92. The maximum Gasteiger partial charge on any atom is 0.387 e. The van der Waals surface area contributed by atoms with Crippen LogP contribution in [0.5, 0.6) is 5.75 Å². The minimum absolute atomic E-state index is 0.00527. The first kappa shape index (κ1) is 15.4. The number of rotatable bonds is 5. The van der Waals surface area contributed by atoms with Gasteiger partial charge in [0.15, 0.2) is 11.6 Å². The molecule has 2 amide bonds. The number of hydrogen-bond acceptors (Lipinski definition) is 3. The van der Waals surface area contributed by atoms with Crippen LogP contribution in [0.15, 0.2) is 18.2 Å². The molecule has 0 aliphatic carbocycles. The molecular weight excluding hydrogens is 289 g/mol. The number of carbonyl (C=O) groups is 1. The van der Waals surface area contributed by atoms with Crippen molar-refractivity contribution in [3.05, 3.63) is 24.0 Å². The van der Waals surface area contributed by atoms with Gasteiger partial charge >= 0.3 is 12.6 Å². The van der Waals surface area contributed by atoms with Gasteiger partial charge in [0.25, 0.3) is 0 Å². The standard InChI is InChI=1S/C13H15F3N2O3/c14-10-6-8(3-4-11(10)21-12(15)16)18-13(19)17-7-9-2-1-5-20-9/h3-4,6,9,12H,1-2,5,7H2,(H2,17,18,19)/t9-/m0/s1. The van der Waals surface area contributed by atoms with E-state index in [1.807, 2.05) is 0 Å². The highest BCUT2D eigenvalue weighted by Gasteiger charge is 2.16. The van der Waals surface area contributed by atoms with Crippen LogP contribution in [-0.4, -0.2) is 31.9 Å². The molecule has 0 aromatic heterocycles. The van der Waals surface area contributed by atoms with Gasteiger partial charge in [0.2, 0.25) is 0 Å². The van der Waals surface area contributed by atoms with Crippen LogP contribution in [0.4, 0.5) is 23.7 Å². The fraction of sp³-hybridized carbons (Fsp3) is 0.462. The first-order valence-electron chi connectivity index (χ1n) is 6.45. The number of halogens is 3. The Labute approximate surface area is 119 Å². The van der Waals surface area contributed by atoms with Gasteiger partial charge in [-0.1, -0.05) is 0 Å². The Morgan fingerprint density at radius 2 is 2.29 bits per heavy atom. The average molecular weight is 304 g/mol. The Kier molecular flexibility index (Phi) is 5.26. The lowest BCUT2D eigenvalue weighted by molar-refractivity contribution is -0.0521. The molecule has 1 aliphatic rings. The van der Waals surface area contributed by atoms with E-state index < -0.39 is 24.2 Å². The number of hydrogen-bond donors (Lipinski definition) is 2. The molecular formula is C13H15F3N2O3. The number of amides is 2. The highest BCUT2D eigenvalue weighted by Crippen LogP contribution is 2.22. The summed E-state index contributed by atoms with van der Waals surface area (Å²) in [5, 5.41) is 4.99. The van der Waals surface area contributed by atoms with Crippen molar-refractivity contribution in [3.63, 3.8) is 0 Å². The largest absolute Gasteiger partial charge is 0.432 e. The maximum absolute atomic E-state index is 13.4. The van der Waals surface area contributed by atoms with Gasteiger partial charge in [-0.15, -0.1) is 0 Å². The molecule has 1 aromatic rings. The lowest BCUT2D eigenvalue weighted by atomic mass is 10.2. The highest BCUT2D eigenvalue weighted by atomic mass is 19.3. The Balaban J connectivity index is 1.84. The van der Waals surface area contributed by atoms with E-state index in [2.05, 4.69) is 15.4 Å². The lowest BCUT2D eigenvalue weighted by Gasteiger charge is -2.12. The van der Waals surface area contributed by atoms with Gasteiger partial charge in [-0.3, -0.25) is 0 Å². The number of urea groups is 1. The second kappa shape index (κ2) is 7.16. The summed E-state index contributed by atoms with van der Waals surface area (Å²) in [5.74, 6) is -1.55. The molecule has 21 heavy (non-hydrogen) atoms. The van der Waals surface area contributed by atoms with Crippen LogP contribution in [-0.2, 0) is 4.74 Å². The van der Waals surface area contributed by atoms with E-state index in [1.54, 1.807) is 0 Å². The van der Waals surface area contributed by atoms with Crippen molar-refractivity contribution in [1.29, 1.82) is 0 Å². The van der Waals surface area contributed by atoms with E-state index in [-0.39, 0.29) is 11.8 Å². The average Bonchev–Trinajstić information content (AvgIpc) is 2.92. The summed E-state index contributed by atoms with van der Waals surface area (Å²) in [5.41, 5.74) is 0.138. The zero-order chi connectivity index (χ0) is 15.2. The summed E-state index contributed by atoms with van der Waals surface area (Å²) in [6.07, 6.45) is 1.84. The van der Waals surface area contributed by atoms with Gasteiger partial charge in [0, 0.05) is 24.9 Å². The first-order valence-corrected chi connectivity index (χ1v) is 6.45. The SMILES string of the molecule is O=C(NC[C@@H]1CCCO1)Nc1ccc(OC(F)F)c(F)c1. The number of anilines is 1. The molecule has 0 spiro atoms. The monoisotopic (exact) mass is 304 g/mol. The van der Waals surface area contributed by atoms with Crippen LogP contribution >= 0.6 is 0 Å². The molecule has 116 valence electrons. The number of alkyl halides is 2. The van der Waals surface area contributed by atoms with Gasteiger partial charge < -0.3 is 20.1 Å². The third kappa shape index (κ3) is 4.82. The minimum Gasteiger partial charge on any atom is -0.432 e. The Morgan fingerprint density at radius 1 is 1.48 bits per heavy atom. The summed E-state index contributed by atoms with van der Waals surface area (Å²) in [6, 6.07) is 2.68. The van der Waals surface area contributed by atoms with Gasteiger partial charge in [-0.25, -0.2) is 9.18 Å². The Hall–Kier alpha value is -1.96. The molecule has 2 N–H and O–H groups in total. The molecule has 1 aliphatic heterocycles. The van der Waals surface area contributed by atoms with E-state index in [0.29, 0.717) is 13.2 Å². The fourth-order valence-corrected chi connectivity index (χ4v) is 1.96. The molecule has 8 heteroatoms. The molecule has 5 nitrogen and oxygen atoms in total. The van der Waals surface area contributed by atoms with E-state index in [9.17, 15) is 18.0 Å². The highest BCUT2D eigenvalue weighted by molar-refractivity contribution is 5.89. The van der Waals surface area contributed by atoms with Gasteiger partial charge in [-0.05, 0) is 25.0 Å². The second-order valence-corrected chi connectivity index (χ2v) is 4.49. The second-order valence-electron chi connectivity index (χ2n) is 4.49. The maximum atomic E-state index is 13.4. The third-order valence-corrected chi connectivity index (χ3v) is 2.92. The minimum atomic E-state index is -3.10. The van der Waals surface area contributed by atoms with Crippen molar-refractivity contribution in [1.82, 2.24) is 5.32 Å². The van der Waals surface area contributed by atoms with Crippen molar-refractivity contribution >= 4 is 11.7 Å². The van der Waals surface area contributed by atoms with E-state index in [1.165, 1.54) is 6.07 Å². The molecule has 1 atom stereocenters. The van der Waals surface area contributed by atoms with Crippen LogP contribution in [0.3, 0.4) is 0 Å². The smallest absolute Gasteiger partial charge is 0.387 e. The molecule has 2 rings (SSSR count). The topological polar surface area (TPSA) is 59.6 Å². The fourth-order valence-electron chi connectivity index (χ4n) is 1.96. The van der Waals surface area contributed by atoms with Gasteiger partial charge in [0.1, 0.15) is 0 Å². The zero-order valence-electron chi connectivity index (χ0n) is 11.1. The molecule has 0 unspecified atom stereocenters. The summed E-state index contributed by atoms with van der Waals surface area (Å²) in [7, 11) is 0. The lowest BCUT2D eigenvalue weighted by Crippen LogP contribution is -2.35. The van der Waals surface area contributed by atoms with Gasteiger partial charge in [-0.2, -0.15) is 8.78 Å². The molecule has 0 radical (unpaired) electrons. The van der Waals surface area contributed by atoms with Crippen LogP contribution in [0, 0.1) is 5.82 Å². The van der Waals surface area contributed by atoms with Crippen LogP contribution < -0.4 is 15.4 Å². The normalized spacial score (nSPS) is 17.8. The Morgan fingerprint density at radius 3 is 2.90 bits per heavy atom. The summed E-state index contributed by atoms with van der Waals surface area (Å²) in [4.78, 5) is 11.6. The number of carbonyl (C=O) groups excluding carboxylic acids is 1. The Bertz CT molecular complexity index is 494. The molecule has 1 fully saturated rings. The van der Waals surface area contributed by atoms with E-state index in [0.717, 1.165) is 25.0 Å². The van der Waals surface area contributed by atoms with E-state index >= 15 is 0 Å². The molecule has 1 saturated heterocycles. The predicted octanol–water partition coefficient (Wildman–Crippen LogP) is 2.73. The summed E-state index contributed by atoms with van der Waals surface area (Å²) >= 11 is 0. The van der Waals surface area contributed by atoms with Gasteiger partial charge in [0.05, 0.1) is 6.10 Å². The quantitative estimate of drug-likeness (QED) is 0.879. The van der Waals surface area contributed by atoms with Crippen LogP contribution in [0.2, 0.25) is 0 Å². The summed E-state index contributed by atoms with van der Waals surface area (Å²) < 4.78 is 46.7. The van der Waals surface area contributed by atoms with Crippen molar-refractivity contribution in [2.24, 2.45) is 0 Å². The number of nitrogens with one attached hydrogen (secondary N) is 2. The molecule has 1 heterocycles. The van der Waals surface area contributed by atoms with Crippen molar-refractivity contribution in [2.75, 3.05) is 18.5 Å².